The van der Waals surface area contributed by atoms with Crippen LogP contribution in [0, 0.1) is 6.92 Å². The molecule has 1 saturated carbocycles. The summed E-state index contributed by atoms with van der Waals surface area (Å²) in [6, 6.07) is 7.93. The largest absolute Gasteiger partial charge is 0.496 e. The van der Waals surface area contributed by atoms with Crippen LogP contribution < -0.4 is 10.1 Å². The third kappa shape index (κ3) is 3.30. The first-order valence-corrected chi connectivity index (χ1v) is 7.64. The molecule has 0 spiro atoms. The molecule has 22 heavy (non-hydrogen) atoms. The van der Waals surface area contributed by atoms with Crippen LogP contribution in [0.4, 0.5) is 0 Å². The van der Waals surface area contributed by atoms with Gasteiger partial charge in [-0.1, -0.05) is 17.7 Å². The van der Waals surface area contributed by atoms with Crippen molar-refractivity contribution >= 4 is 5.91 Å². The second-order valence-electron chi connectivity index (χ2n) is 5.80. The molecule has 1 aliphatic rings. The summed E-state index contributed by atoms with van der Waals surface area (Å²) in [7, 11) is 1.66. The van der Waals surface area contributed by atoms with Crippen molar-refractivity contribution in [3.8, 4) is 5.75 Å². The Bertz CT molecular complexity index is 674. The molecule has 0 atom stereocenters. The van der Waals surface area contributed by atoms with Crippen molar-refractivity contribution in [1.29, 1.82) is 0 Å². The lowest BCUT2D eigenvalue weighted by Gasteiger charge is -2.09. The minimum absolute atomic E-state index is 0.130. The van der Waals surface area contributed by atoms with Gasteiger partial charge in [-0.15, -0.1) is 0 Å². The topological polar surface area (TPSA) is 67.0 Å². The Morgan fingerprint density at radius 3 is 2.95 bits per heavy atom. The number of H-pyrrole nitrogens is 1. The lowest BCUT2D eigenvalue weighted by molar-refractivity contribution is 0.0949. The number of amides is 1. The zero-order valence-corrected chi connectivity index (χ0v) is 13.0. The first kappa shape index (κ1) is 14.6. The van der Waals surface area contributed by atoms with Crippen LogP contribution in [0.25, 0.3) is 0 Å². The number of carbonyl (C=O) groups is 1. The summed E-state index contributed by atoms with van der Waals surface area (Å²) in [5.41, 5.74) is 3.83. The molecule has 2 aromatic rings. The highest BCUT2D eigenvalue weighted by molar-refractivity contribution is 5.92. The van der Waals surface area contributed by atoms with Crippen molar-refractivity contribution in [3.05, 3.63) is 46.8 Å². The highest BCUT2D eigenvalue weighted by Gasteiger charge is 2.26. The zero-order chi connectivity index (χ0) is 15.5. The lowest BCUT2D eigenvalue weighted by Crippen LogP contribution is -2.26. The van der Waals surface area contributed by atoms with E-state index in [9.17, 15) is 4.79 Å². The first-order chi connectivity index (χ1) is 10.7. The van der Waals surface area contributed by atoms with Crippen molar-refractivity contribution in [3.63, 3.8) is 0 Å². The Hall–Kier alpha value is -2.30. The van der Waals surface area contributed by atoms with Gasteiger partial charge in [0.25, 0.3) is 5.91 Å². The fourth-order valence-corrected chi connectivity index (χ4v) is 2.56. The van der Waals surface area contributed by atoms with E-state index in [-0.39, 0.29) is 5.91 Å². The summed E-state index contributed by atoms with van der Waals surface area (Å²) in [6.07, 6.45) is 3.11. The molecule has 1 heterocycles. The number of nitrogens with one attached hydrogen (secondary N) is 2. The van der Waals surface area contributed by atoms with E-state index in [1.165, 1.54) is 18.4 Å². The van der Waals surface area contributed by atoms with Gasteiger partial charge in [0.1, 0.15) is 11.4 Å². The molecule has 0 aliphatic heterocycles. The van der Waals surface area contributed by atoms with Crippen LogP contribution in [-0.2, 0) is 6.42 Å². The minimum atomic E-state index is -0.130. The van der Waals surface area contributed by atoms with Gasteiger partial charge in [0.2, 0.25) is 0 Å². The number of methoxy groups -OCH3 is 1. The maximum absolute atomic E-state index is 12.1. The Morgan fingerprint density at radius 1 is 1.41 bits per heavy atom. The van der Waals surface area contributed by atoms with E-state index in [2.05, 4.69) is 21.6 Å². The van der Waals surface area contributed by atoms with Gasteiger partial charge in [0.05, 0.1) is 7.11 Å². The van der Waals surface area contributed by atoms with Gasteiger partial charge in [-0.05, 0) is 43.9 Å². The molecule has 2 N–H and O–H groups in total. The third-order valence-electron chi connectivity index (χ3n) is 3.96. The van der Waals surface area contributed by atoms with E-state index in [1.54, 1.807) is 7.11 Å². The molecule has 3 rings (SSSR count). The Balaban J connectivity index is 1.55. The van der Waals surface area contributed by atoms with Crippen LogP contribution in [0.15, 0.2) is 24.3 Å². The smallest absolute Gasteiger partial charge is 0.271 e. The molecule has 116 valence electrons. The predicted molar refractivity (Wildman–Crippen MR) is 84.3 cm³/mol. The highest BCUT2D eigenvalue weighted by Crippen LogP contribution is 2.38. The normalized spacial score (nSPS) is 13.9. The van der Waals surface area contributed by atoms with Crippen molar-refractivity contribution in [2.75, 3.05) is 13.7 Å². The summed E-state index contributed by atoms with van der Waals surface area (Å²) >= 11 is 0. The maximum atomic E-state index is 12.1. The molecule has 1 aromatic carbocycles. The number of aromatic amines is 1. The zero-order valence-electron chi connectivity index (χ0n) is 13.0. The summed E-state index contributed by atoms with van der Waals surface area (Å²) < 4.78 is 5.35. The summed E-state index contributed by atoms with van der Waals surface area (Å²) in [4.78, 5) is 12.1. The van der Waals surface area contributed by atoms with Crippen LogP contribution in [0.2, 0.25) is 0 Å². The van der Waals surface area contributed by atoms with Crippen LogP contribution in [0.3, 0.4) is 0 Å². The summed E-state index contributed by atoms with van der Waals surface area (Å²) in [5, 5.41) is 9.95. The molecular weight excluding hydrogens is 278 g/mol. The molecule has 1 amide bonds. The molecule has 1 aromatic heterocycles. The SMILES string of the molecule is COc1ccc(C)cc1CCNC(=O)c1cc(C2CC2)[nH]n1. The fraction of sp³-hybridized carbons (Fsp3) is 0.412. The standard InChI is InChI=1S/C17H21N3O2/c1-11-3-6-16(22-2)13(9-11)7-8-18-17(21)15-10-14(19-20-15)12-4-5-12/h3,6,9-10,12H,4-5,7-8H2,1-2H3,(H,18,21)(H,19,20). The van der Waals surface area contributed by atoms with Gasteiger partial charge in [-0.25, -0.2) is 0 Å². The van der Waals surface area contributed by atoms with E-state index < -0.39 is 0 Å². The number of nitrogens with zero attached hydrogens (tertiary/aromatic N) is 1. The predicted octanol–water partition coefficient (Wildman–Crippen LogP) is 2.58. The first-order valence-electron chi connectivity index (χ1n) is 7.64. The van der Waals surface area contributed by atoms with E-state index in [1.807, 2.05) is 25.1 Å². The number of rotatable bonds is 6. The Kier molecular flexibility index (Phi) is 4.13. The second-order valence-corrected chi connectivity index (χ2v) is 5.80. The minimum Gasteiger partial charge on any atom is -0.496 e. The van der Waals surface area contributed by atoms with Gasteiger partial charge in [0.15, 0.2) is 0 Å². The van der Waals surface area contributed by atoms with E-state index in [0.29, 0.717) is 18.2 Å². The maximum Gasteiger partial charge on any atom is 0.271 e. The summed E-state index contributed by atoms with van der Waals surface area (Å²) in [5.74, 6) is 1.30. The molecule has 5 heteroatoms. The van der Waals surface area contributed by atoms with Crippen molar-refractivity contribution in [2.24, 2.45) is 0 Å². The van der Waals surface area contributed by atoms with Crippen molar-refractivity contribution < 1.29 is 9.53 Å². The van der Waals surface area contributed by atoms with Crippen LogP contribution >= 0.6 is 0 Å². The van der Waals surface area contributed by atoms with Crippen molar-refractivity contribution in [1.82, 2.24) is 15.5 Å². The fourth-order valence-electron chi connectivity index (χ4n) is 2.56. The monoisotopic (exact) mass is 299 g/mol. The molecule has 0 saturated heterocycles. The quantitative estimate of drug-likeness (QED) is 0.861. The van der Waals surface area contributed by atoms with Crippen LogP contribution in [-0.4, -0.2) is 29.8 Å². The summed E-state index contributed by atoms with van der Waals surface area (Å²) in [6.45, 7) is 2.61. The van der Waals surface area contributed by atoms with Crippen molar-refractivity contribution in [2.45, 2.75) is 32.1 Å². The number of ether oxygens (including phenoxy) is 1. The average molecular weight is 299 g/mol. The van der Waals surface area contributed by atoms with E-state index >= 15 is 0 Å². The number of hydrogen-bond donors (Lipinski definition) is 2. The lowest BCUT2D eigenvalue weighted by atomic mass is 10.1. The number of hydrogen-bond acceptors (Lipinski definition) is 3. The molecule has 5 nitrogen and oxygen atoms in total. The number of aryl methyl sites for hydroxylation is 1. The number of aromatic nitrogens is 2. The van der Waals surface area contributed by atoms with Gasteiger partial charge in [0, 0.05) is 18.2 Å². The second kappa shape index (κ2) is 6.22. The Morgan fingerprint density at radius 2 is 2.23 bits per heavy atom. The van der Waals surface area contributed by atoms with Gasteiger partial charge >= 0.3 is 0 Å². The molecular formula is C17H21N3O2. The third-order valence-corrected chi connectivity index (χ3v) is 3.96. The van der Waals surface area contributed by atoms with Gasteiger partial charge < -0.3 is 10.1 Å². The average Bonchev–Trinajstić information content (AvgIpc) is 3.24. The molecule has 1 aliphatic carbocycles. The molecule has 1 fully saturated rings. The molecule has 0 radical (unpaired) electrons. The van der Waals surface area contributed by atoms with E-state index in [4.69, 9.17) is 4.74 Å². The molecule has 0 unspecified atom stereocenters. The van der Waals surface area contributed by atoms with Crippen LogP contribution in [0.1, 0.15) is 46.1 Å². The Labute approximate surface area is 130 Å². The molecule has 0 bridgehead atoms. The van der Waals surface area contributed by atoms with E-state index in [0.717, 1.165) is 23.4 Å². The van der Waals surface area contributed by atoms with Gasteiger partial charge in [-0.2, -0.15) is 5.10 Å². The highest BCUT2D eigenvalue weighted by atomic mass is 16.5. The van der Waals surface area contributed by atoms with Gasteiger partial charge in [-0.3, -0.25) is 9.89 Å². The number of benzene rings is 1. The van der Waals surface area contributed by atoms with Crippen LogP contribution in [0.5, 0.6) is 5.75 Å². The number of carbonyl (C=O) groups excluding carboxylic acids is 1.